The van der Waals surface area contributed by atoms with Crippen LogP contribution in [0.2, 0.25) is 0 Å². The first-order valence-corrected chi connectivity index (χ1v) is 6.46. The van der Waals surface area contributed by atoms with E-state index >= 15 is 0 Å². The Morgan fingerprint density at radius 1 is 1.27 bits per heavy atom. The van der Waals surface area contributed by atoms with Gasteiger partial charge in [0.05, 0.1) is 17.2 Å². The summed E-state index contributed by atoms with van der Waals surface area (Å²) < 4.78 is 0. The molecule has 0 aliphatic carbocycles. The number of pyridine rings is 1. The van der Waals surface area contributed by atoms with Gasteiger partial charge in [-0.25, -0.2) is 9.78 Å². The number of allylic oxidation sites excluding steroid dienone is 1. The van der Waals surface area contributed by atoms with E-state index in [2.05, 4.69) is 9.98 Å². The maximum absolute atomic E-state index is 11.6. The molecule has 1 aliphatic rings. The number of nitrogens with zero attached hydrogens (tertiary/aromatic N) is 3. The summed E-state index contributed by atoms with van der Waals surface area (Å²) in [5.74, 6) is -4.53. The van der Waals surface area contributed by atoms with E-state index in [1.54, 1.807) is 13.0 Å². The maximum atomic E-state index is 11.6. The minimum Gasteiger partial charge on any atom is -0.481 e. The largest absolute Gasteiger partial charge is 0.481 e. The normalized spacial score (nSPS) is 21.0. The molecule has 7 heteroatoms. The van der Waals surface area contributed by atoms with Crippen molar-refractivity contribution in [3.63, 3.8) is 0 Å². The molecule has 112 valence electrons. The lowest BCUT2D eigenvalue weighted by molar-refractivity contribution is -0.140. The van der Waals surface area contributed by atoms with Crippen LogP contribution in [0, 0.1) is 17.2 Å². The van der Waals surface area contributed by atoms with Gasteiger partial charge in [-0.3, -0.25) is 9.79 Å². The van der Waals surface area contributed by atoms with Gasteiger partial charge in [0.1, 0.15) is 17.7 Å². The molecule has 2 heterocycles. The van der Waals surface area contributed by atoms with E-state index in [0.717, 1.165) is 0 Å². The molecule has 2 N–H and O–H groups in total. The number of hydrogen-bond donors (Lipinski definition) is 2. The lowest BCUT2D eigenvalue weighted by Gasteiger charge is -2.28. The van der Waals surface area contributed by atoms with Crippen molar-refractivity contribution in [3.8, 4) is 6.07 Å². The Labute approximate surface area is 126 Å². The fourth-order valence-electron chi connectivity index (χ4n) is 2.64. The minimum atomic E-state index is -1.24. The van der Waals surface area contributed by atoms with Gasteiger partial charge in [0.2, 0.25) is 0 Å². The Morgan fingerprint density at radius 2 is 1.95 bits per heavy atom. The summed E-state index contributed by atoms with van der Waals surface area (Å²) in [6.45, 7) is 3.06. The van der Waals surface area contributed by atoms with E-state index in [9.17, 15) is 19.8 Å². The molecule has 2 unspecified atom stereocenters. The van der Waals surface area contributed by atoms with Gasteiger partial charge in [0, 0.05) is 11.4 Å². The average Bonchev–Trinajstić information content (AvgIpc) is 2.45. The smallest absolute Gasteiger partial charge is 0.334 e. The molecule has 7 nitrogen and oxygen atoms in total. The van der Waals surface area contributed by atoms with Crippen molar-refractivity contribution in [2.45, 2.75) is 19.8 Å². The minimum absolute atomic E-state index is 0.101. The van der Waals surface area contributed by atoms with Crippen molar-refractivity contribution < 1.29 is 19.8 Å². The molecular weight excluding hydrogens is 286 g/mol. The Kier molecular flexibility index (Phi) is 4.04. The number of hydrogen-bond acceptors (Lipinski definition) is 5. The van der Waals surface area contributed by atoms with E-state index in [1.807, 2.05) is 6.07 Å². The highest BCUT2D eigenvalue weighted by atomic mass is 16.4. The van der Waals surface area contributed by atoms with Crippen LogP contribution in [0.15, 0.2) is 34.5 Å². The first kappa shape index (κ1) is 15.4. The molecule has 0 spiro atoms. The first-order chi connectivity index (χ1) is 10.4. The highest BCUT2D eigenvalue weighted by Crippen LogP contribution is 2.38. The number of carbonyl (C=O) groups is 2. The zero-order valence-electron chi connectivity index (χ0n) is 11.9. The van der Waals surface area contributed by atoms with E-state index in [4.69, 9.17) is 5.26 Å². The Hall–Kier alpha value is -3.01. The van der Waals surface area contributed by atoms with Gasteiger partial charge in [-0.1, -0.05) is 6.07 Å². The third-order valence-corrected chi connectivity index (χ3v) is 3.53. The summed E-state index contributed by atoms with van der Waals surface area (Å²) in [5, 5.41) is 27.8. The predicted molar refractivity (Wildman–Crippen MR) is 76.3 cm³/mol. The quantitative estimate of drug-likeness (QED) is 0.873. The van der Waals surface area contributed by atoms with Gasteiger partial charge in [0.15, 0.2) is 0 Å². The number of carboxylic acid groups (broad SMARTS) is 2. The molecule has 22 heavy (non-hydrogen) atoms. The Balaban J connectivity index is 2.70. The second-order valence-corrected chi connectivity index (χ2v) is 4.91. The fourth-order valence-corrected chi connectivity index (χ4v) is 2.64. The van der Waals surface area contributed by atoms with Gasteiger partial charge in [-0.15, -0.1) is 0 Å². The molecule has 1 aliphatic heterocycles. The third-order valence-electron chi connectivity index (χ3n) is 3.53. The monoisotopic (exact) mass is 299 g/mol. The van der Waals surface area contributed by atoms with Crippen molar-refractivity contribution in [3.05, 3.63) is 40.9 Å². The number of nitriles is 1. The summed E-state index contributed by atoms with van der Waals surface area (Å²) in [6, 6.07) is 6.41. The van der Waals surface area contributed by atoms with Crippen LogP contribution in [-0.2, 0) is 9.59 Å². The zero-order valence-corrected chi connectivity index (χ0v) is 11.9. The number of aliphatic carboxylic acids is 2. The SMILES string of the molecule is CC1=NC(C)=C(C(=O)O)C(c2cccc(C#N)n2)C1C(=O)O. The van der Waals surface area contributed by atoms with Crippen LogP contribution in [0.3, 0.4) is 0 Å². The van der Waals surface area contributed by atoms with Gasteiger partial charge in [0.25, 0.3) is 0 Å². The highest BCUT2D eigenvalue weighted by molar-refractivity contribution is 6.06. The zero-order chi connectivity index (χ0) is 16.4. The molecular formula is C15H13N3O4. The number of rotatable bonds is 3. The number of aromatic nitrogens is 1. The van der Waals surface area contributed by atoms with Gasteiger partial charge >= 0.3 is 11.9 Å². The van der Waals surface area contributed by atoms with Gasteiger partial charge in [-0.05, 0) is 26.0 Å². The molecule has 0 saturated carbocycles. The van der Waals surface area contributed by atoms with Gasteiger partial charge in [-0.2, -0.15) is 5.26 Å². The van der Waals surface area contributed by atoms with Crippen LogP contribution in [0.5, 0.6) is 0 Å². The summed E-state index contributed by atoms with van der Waals surface area (Å²) >= 11 is 0. The van der Waals surface area contributed by atoms with E-state index in [0.29, 0.717) is 5.71 Å². The number of aliphatic imine (C=N–C) groups is 1. The van der Waals surface area contributed by atoms with Crippen LogP contribution in [-0.4, -0.2) is 32.8 Å². The van der Waals surface area contributed by atoms with Crippen LogP contribution in [0.4, 0.5) is 0 Å². The molecule has 0 amide bonds. The summed E-state index contributed by atoms with van der Waals surface area (Å²) in [7, 11) is 0. The molecule has 0 fully saturated rings. The molecule has 2 rings (SSSR count). The molecule has 2 atom stereocenters. The Morgan fingerprint density at radius 3 is 2.50 bits per heavy atom. The average molecular weight is 299 g/mol. The standard InChI is InChI=1S/C15H13N3O4/c1-7-11(14(19)20)13(12(15(21)22)8(2)17-7)10-5-3-4-9(6-16)18-10/h3-5,11,13H,1-2H3,(H,19,20)(H,21,22). The summed E-state index contributed by atoms with van der Waals surface area (Å²) in [5.41, 5.74) is 0.781. The topological polar surface area (TPSA) is 124 Å². The summed E-state index contributed by atoms with van der Waals surface area (Å²) in [4.78, 5) is 31.3. The van der Waals surface area contributed by atoms with Gasteiger partial charge < -0.3 is 10.2 Å². The molecule has 0 bridgehead atoms. The van der Waals surface area contributed by atoms with E-state index in [1.165, 1.54) is 19.1 Å². The van der Waals surface area contributed by atoms with Crippen molar-refractivity contribution >= 4 is 17.7 Å². The molecule has 0 radical (unpaired) electrons. The Bertz CT molecular complexity index is 758. The second-order valence-electron chi connectivity index (χ2n) is 4.91. The van der Waals surface area contributed by atoms with Crippen LogP contribution < -0.4 is 0 Å². The molecule has 0 saturated heterocycles. The highest BCUT2D eigenvalue weighted by Gasteiger charge is 2.41. The lowest BCUT2D eigenvalue weighted by atomic mass is 9.77. The van der Waals surface area contributed by atoms with E-state index < -0.39 is 23.8 Å². The first-order valence-electron chi connectivity index (χ1n) is 6.46. The third kappa shape index (κ3) is 2.59. The number of carboxylic acids is 2. The van der Waals surface area contributed by atoms with Crippen molar-refractivity contribution in [1.82, 2.24) is 4.98 Å². The van der Waals surface area contributed by atoms with Crippen molar-refractivity contribution in [1.29, 1.82) is 5.26 Å². The van der Waals surface area contributed by atoms with Crippen LogP contribution in [0.1, 0.15) is 31.2 Å². The fraction of sp³-hybridized carbons (Fsp3) is 0.267. The van der Waals surface area contributed by atoms with Crippen LogP contribution >= 0.6 is 0 Å². The second kappa shape index (κ2) is 5.77. The lowest BCUT2D eigenvalue weighted by Crippen LogP contribution is -2.35. The molecule has 1 aromatic heterocycles. The van der Waals surface area contributed by atoms with Crippen molar-refractivity contribution in [2.24, 2.45) is 10.9 Å². The van der Waals surface area contributed by atoms with Crippen LogP contribution in [0.25, 0.3) is 0 Å². The molecule has 1 aromatic rings. The molecule has 0 aromatic carbocycles. The summed E-state index contributed by atoms with van der Waals surface area (Å²) in [6.07, 6.45) is 0. The predicted octanol–water partition coefficient (Wildman–Crippen LogP) is 1.57. The maximum Gasteiger partial charge on any atom is 0.334 e. The van der Waals surface area contributed by atoms with E-state index in [-0.39, 0.29) is 22.7 Å². The van der Waals surface area contributed by atoms with Crippen molar-refractivity contribution in [2.75, 3.05) is 0 Å².